The van der Waals surface area contributed by atoms with Crippen LogP contribution in [-0.2, 0) is 4.79 Å². The van der Waals surface area contributed by atoms with Crippen LogP contribution in [0.2, 0.25) is 0 Å². The summed E-state index contributed by atoms with van der Waals surface area (Å²) in [5.74, 6) is 0.144. The second-order valence-corrected chi connectivity index (χ2v) is 7.29. The molecule has 0 fully saturated rings. The highest BCUT2D eigenvalue weighted by Gasteiger charge is 2.18. The van der Waals surface area contributed by atoms with Crippen LogP contribution in [0.5, 0.6) is 0 Å². The molecule has 0 radical (unpaired) electrons. The zero-order valence-corrected chi connectivity index (χ0v) is 16.7. The minimum atomic E-state index is -0.0679. The number of hydrogen-bond acceptors (Lipinski definition) is 5. The van der Waals surface area contributed by atoms with Crippen LogP contribution in [0, 0.1) is 25.2 Å². The molecule has 0 bridgehead atoms. The Morgan fingerprint density at radius 1 is 1.21 bits per heavy atom. The standard InChI is InChI=1S/C21H21N5OS/c1-16-9-10-19(17(2)13-16)26-15-23-24-21(26)28-14-20(27)25(12-6-11-22)18-7-4-3-5-8-18/h3-5,7-10,13,15H,6,12,14H2,1-2H3. The first kappa shape index (κ1) is 19.6. The van der Waals surface area contributed by atoms with Crippen LogP contribution in [0.4, 0.5) is 5.69 Å². The number of nitriles is 1. The highest BCUT2D eigenvalue weighted by Crippen LogP contribution is 2.24. The van der Waals surface area contributed by atoms with E-state index in [-0.39, 0.29) is 18.1 Å². The van der Waals surface area contributed by atoms with Crippen molar-refractivity contribution in [2.45, 2.75) is 25.4 Å². The van der Waals surface area contributed by atoms with Crippen LogP contribution in [-0.4, -0.2) is 33.0 Å². The molecule has 0 saturated carbocycles. The molecular weight excluding hydrogens is 370 g/mol. The van der Waals surface area contributed by atoms with Gasteiger partial charge in [-0.3, -0.25) is 9.36 Å². The Morgan fingerprint density at radius 3 is 2.71 bits per heavy atom. The lowest BCUT2D eigenvalue weighted by molar-refractivity contribution is -0.116. The fourth-order valence-electron chi connectivity index (χ4n) is 2.94. The Labute approximate surface area is 168 Å². The number of benzene rings is 2. The number of hydrogen-bond donors (Lipinski definition) is 0. The van der Waals surface area contributed by atoms with Crippen LogP contribution in [0.1, 0.15) is 17.5 Å². The predicted octanol–water partition coefficient (Wildman–Crippen LogP) is 3.92. The number of carbonyl (C=O) groups excluding carboxylic acids is 1. The van der Waals surface area contributed by atoms with Crippen molar-refractivity contribution >= 4 is 23.4 Å². The number of aromatic nitrogens is 3. The van der Waals surface area contributed by atoms with E-state index in [4.69, 9.17) is 5.26 Å². The molecule has 1 heterocycles. The largest absolute Gasteiger partial charge is 0.311 e. The van der Waals surface area contributed by atoms with E-state index in [2.05, 4.69) is 29.3 Å². The Morgan fingerprint density at radius 2 is 2.00 bits per heavy atom. The van der Waals surface area contributed by atoms with Gasteiger partial charge in [0, 0.05) is 12.2 Å². The number of thioether (sulfide) groups is 1. The smallest absolute Gasteiger partial charge is 0.237 e. The maximum Gasteiger partial charge on any atom is 0.237 e. The maximum atomic E-state index is 12.8. The summed E-state index contributed by atoms with van der Waals surface area (Å²) in [7, 11) is 0. The Balaban J connectivity index is 1.75. The van der Waals surface area contributed by atoms with E-state index >= 15 is 0 Å². The normalized spacial score (nSPS) is 10.5. The number of aryl methyl sites for hydroxylation is 2. The lowest BCUT2D eigenvalue weighted by Gasteiger charge is -2.21. The number of carbonyl (C=O) groups is 1. The summed E-state index contributed by atoms with van der Waals surface area (Å²) in [5.41, 5.74) is 4.09. The molecule has 142 valence electrons. The van der Waals surface area contributed by atoms with Crippen molar-refractivity contribution in [1.29, 1.82) is 5.26 Å². The van der Waals surface area contributed by atoms with Crippen molar-refractivity contribution < 1.29 is 4.79 Å². The number of para-hydroxylation sites is 1. The molecule has 1 amide bonds. The third-order valence-electron chi connectivity index (χ3n) is 4.27. The molecule has 7 heteroatoms. The number of anilines is 1. The molecule has 3 rings (SSSR count). The maximum absolute atomic E-state index is 12.8. The first-order valence-electron chi connectivity index (χ1n) is 8.93. The molecule has 6 nitrogen and oxygen atoms in total. The molecule has 2 aromatic carbocycles. The van der Waals surface area contributed by atoms with E-state index in [0.717, 1.165) is 16.9 Å². The fourth-order valence-corrected chi connectivity index (χ4v) is 3.73. The van der Waals surface area contributed by atoms with E-state index in [0.29, 0.717) is 11.7 Å². The third kappa shape index (κ3) is 4.59. The molecular formula is C21H21N5OS. The fraction of sp³-hybridized carbons (Fsp3) is 0.238. The minimum Gasteiger partial charge on any atom is -0.311 e. The van der Waals surface area contributed by atoms with E-state index in [1.807, 2.05) is 54.0 Å². The lowest BCUT2D eigenvalue weighted by atomic mass is 10.1. The Kier molecular flexibility index (Phi) is 6.45. The van der Waals surface area contributed by atoms with E-state index in [1.54, 1.807) is 11.2 Å². The molecule has 0 saturated heterocycles. The summed E-state index contributed by atoms with van der Waals surface area (Å²) in [6, 6.07) is 17.7. The van der Waals surface area contributed by atoms with Gasteiger partial charge in [-0.1, -0.05) is 47.7 Å². The zero-order valence-electron chi connectivity index (χ0n) is 15.9. The van der Waals surface area contributed by atoms with Gasteiger partial charge < -0.3 is 4.90 Å². The van der Waals surface area contributed by atoms with Crippen LogP contribution in [0.25, 0.3) is 5.69 Å². The molecule has 0 unspecified atom stereocenters. The van der Waals surface area contributed by atoms with Gasteiger partial charge in [0.15, 0.2) is 5.16 Å². The average molecular weight is 392 g/mol. The second-order valence-electron chi connectivity index (χ2n) is 6.35. The van der Waals surface area contributed by atoms with Crippen molar-refractivity contribution in [3.8, 4) is 11.8 Å². The lowest BCUT2D eigenvalue weighted by Crippen LogP contribution is -2.33. The summed E-state index contributed by atoms with van der Waals surface area (Å²) >= 11 is 1.34. The highest BCUT2D eigenvalue weighted by molar-refractivity contribution is 7.99. The molecule has 0 aliphatic rings. The molecule has 0 aliphatic heterocycles. The number of rotatable bonds is 7. The van der Waals surface area contributed by atoms with Crippen molar-refractivity contribution in [1.82, 2.24) is 14.8 Å². The molecule has 3 aromatic rings. The van der Waals surface area contributed by atoms with Crippen LogP contribution >= 0.6 is 11.8 Å². The van der Waals surface area contributed by atoms with Crippen LogP contribution in [0.15, 0.2) is 60.0 Å². The first-order valence-corrected chi connectivity index (χ1v) is 9.91. The first-order chi connectivity index (χ1) is 13.6. The van der Waals surface area contributed by atoms with Gasteiger partial charge in [0.1, 0.15) is 6.33 Å². The molecule has 0 aliphatic carbocycles. The van der Waals surface area contributed by atoms with Gasteiger partial charge in [0.05, 0.1) is 23.9 Å². The van der Waals surface area contributed by atoms with E-state index in [9.17, 15) is 4.79 Å². The van der Waals surface area contributed by atoms with E-state index in [1.165, 1.54) is 17.3 Å². The van der Waals surface area contributed by atoms with Crippen molar-refractivity contribution in [3.63, 3.8) is 0 Å². The minimum absolute atomic E-state index is 0.0679. The summed E-state index contributed by atoms with van der Waals surface area (Å²) in [6.07, 6.45) is 1.94. The Bertz CT molecular complexity index is 994. The van der Waals surface area contributed by atoms with Gasteiger partial charge in [0.2, 0.25) is 5.91 Å². The van der Waals surface area contributed by atoms with Gasteiger partial charge in [0.25, 0.3) is 0 Å². The summed E-state index contributed by atoms with van der Waals surface area (Å²) < 4.78 is 1.90. The van der Waals surface area contributed by atoms with Crippen molar-refractivity contribution in [2.24, 2.45) is 0 Å². The van der Waals surface area contributed by atoms with Crippen molar-refractivity contribution in [3.05, 3.63) is 66.0 Å². The topological polar surface area (TPSA) is 74.8 Å². The molecule has 0 atom stereocenters. The van der Waals surface area contributed by atoms with Crippen molar-refractivity contribution in [2.75, 3.05) is 17.2 Å². The van der Waals surface area contributed by atoms with Crippen LogP contribution < -0.4 is 4.90 Å². The van der Waals surface area contributed by atoms with Gasteiger partial charge in [-0.15, -0.1) is 10.2 Å². The van der Waals surface area contributed by atoms with Gasteiger partial charge >= 0.3 is 0 Å². The average Bonchev–Trinajstić information content (AvgIpc) is 3.16. The van der Waals surface area contributed by atoms with Gasteiger partial charge in [-0.25, -0.2) is 0 Å². The molecule has 1 aromatic heterocycles. The summed E-state index contributed by atoms with van der Waals surface area (Å²) in [4.78, 5) is 14.5. The summed E-state index contributed by atoms with van der Waals surface area (Å²) in [6.45, 7) is 4.46. The predicted molar refractivity (Wildman–Crippen MR) is 111 cm³/mol. The summed E-state index contributed by atoms with van der Waals surface area (Å²) in [5, 5.41) is 17.8. The van der Waals surface area contributed by atoms with E-state index < -0.39 is 0 Å². The molecule has 28 heavy (non-hydrogen) atoms. The number of amides is 1. The quantitative estimate of drug-likeness (QED) is 0.571. The monoisotopic (exact) mass is 391 g/mol. The Hall–Kier alpha value is -3.11. The SMILES string of the molecule is Cc1ccc(-n2cnnc2SCC(=O)N(CCC#N)c2ccccc2)c(C)c1. The van der Waals surface area contributed by atoms with Crippen LogP contribution in [0.3, 0.4) is 0 Å². The number of nitrogens with zero attached hydrogens (tertiary/aromatic N) is 5. The zero-order chi connectivity index (χ0) is 19.9. The molecule has 0 N–H and O–H groups in total. The highest BCUT2D eigenvalue weighted by atomic mass is 32.2. The van der Waals surface area contributed by atoms with Gasteiger partial charge in [-0.05, 0) is 37.6 Å². The third-order valence-corrected chi connectivity index (χ3v) is 5.20. The molecule has 0 spiro atoms. The van der Waals surface area contributed by atoms with Gasteiger partial charge in [-0.2, -0.15) is 5.26 Å². The second kappa shape index (κ2) is 9.20.